The molecule has 3 nitrogen and oxygen atoms in total. The van der Waals surface area contributed by atoms with E-state index in [2.05, 4.69) is 47.3 Å². The Morgan fingerprint density at radius 3 is 2.36 bits per heavy atom. The number of amides is 1. The van der Waals surface area contributed by atoms with Crippen LogP contribution in [0.25, 0.3) is 6.08 Å². The predicted molar refractivity (Wildman–Crippen MR) is 136 cm³/mol. The van der Waals surface area contributed by atoms with E-state index in [1.54, 1.807) is 23.1 Å². The van der Waals surface area contributed by atoms with Gasteiger partial charge in [-0.25, -0.2) is 0 Å². The van der Waals surface area contributed by atoms with Gasteiger partial charge in [0.15, 0.2) is 0 Å². The summed E-state index contributed by atoms with van der Waals surface area (Å²) >= 11 is 12.9. The highest BCUT2D eigenvalue weighted by atomic mass is 35.5. The summed E-state index contributed by atoms with van der Waals surface area (Å²) in [7, 11) is 0. The molecule has 0 fully saturated rings. The second-order valence-electron chi connectivity index (χ2n) is 8.09. The predicted octanol–water partition coefficient (Wildman–Crippen LogP) is 7.51. The molecule has 0 radical (unpaired) electrons. The van der Waals surface area contributed by atoms with Crippen molar-refractivity contribution in [2.45, 2.75) is 18.9 Å². The van der Waals surface area contributed by atoms with E-state index < -0.39 is 0 Å². The van der Waals surface area contributed by atoms with Gasteiger partial charge in [-0.1, -0.05) is 90.0 Å². The number of para-hydroxylation sites is 2. The highest BCUT2D eigenvalue weighted by Crippen LogP contribution is 2.47. The number of aromatic nitrogens is 1. The molecule has 4 aromatic rings. The Labute approximate surface area is 203 Å². The summed E-state index contributed by atoms with van der Waals surface area (Å²) in [5.74, 6) is -0.299. The summed E-state index contributed by atoms with van der Waals surface area (Å²) in [6.45, 7) is 0.769. The van der Waals surface area contributed by atoms with Gasteiger partial charge in [-0.2, -0.15) is 0 Å². The maximum Gasteiger partial charge on any atom is 0.239 e. The van der Waals surface area contributed by atoms with Crippen molar-refractivity contribution in [3.8, 4) is 0 Å². The summed E-state index contributed by atoms with van der Waals surface area (Å²) in [6.07, 6.45) is 9.02. The van der Waals surface area contributed by atoms with Crippen LogP contribution in [0.15, 0.2) is 97.3 Å². The Kier molecular flexibility index (Phi) is 6.08. The summed E-state index contributed by atoms with van der Waals surface area (Å²) in [6, 6.07) is 25.5. The molecule has 3 aromatic carbocycles. The van der Waals surface area contributed by atoms with E-state index in [0.717, 1.165) is 23.4 Å². The third kappa shape index (κ3) is 4.35. The molecule has 2 heterocycles. The lowest BCUT2D eigenvalue weighted by Gasteiger charge is -2.21. The first-order chi connectivity index (χ1) is 16.1. The lowest BCUT2D eigenvalue weighted by molar-refractivity contribution is -0.118. The highest BCUT2D eigenvalue weighted by Gasteiger charge is 2.39. The second kappa shape index (κ2) is 9.30. The van der Waals surface area contributed by atoms with Crippen LogP contribution in [0.3, 0.4) is 0 Å². The van der Waals surface area contributed by atoms with Gasteiger partial charge in [0.1, 0.15) is 0 Å². The third-order valence-electron chi connectivity index (χ3n) is 5.91. The first kappa shape index (κ1) is 21.6. The monoisotopic (exact) mass is 472 g/mol. The summed E-state index contributed by atoms with van der Waals surface area (Å²) in [5, 5.41) is 0.922. The molecule has 0 aliphatic carbocycles. The van der Waals surface area contributed by atoms with Crippen molar-refractivity contribution in [1.82, 2.24) is 4.57 Å². The first-order valence-electron chi connectivity index (χ1n) is 10.8. The number of rotatable bonds is 6. The van der Waals surface area contributed by atoms with Crippen molar-refractivity contribution in [3.63, 3.8) is 0 Å². The molecule has 1 aliphatic rings. The fourth-order valence-electron chi connectivity index (χ4n) is 4.36. The van der Waals surface area contributed by atoms with Gasteiger partial charge in [-0.15, -0.1) is 0 Å². The van der Waals surface area contributed by atoms with Gasteiger partial charge in [0, 0.05) is 18.9 Å². The quantitative estimate of drug-likeness (QED) is 0.284. The van der Waals surface area contributed by atoms with Crippen LogP contribution in [0.2, 0.25) is 10.0 Å². The van der Waals surface area contributed by atoms with Gasteiger partial charge in [0.2, 0.25) is 5.91 Å². The minimum Gasteiger partial charge on any atom is -0.350 e. The van der Waals surface area contributed by atoms with Crippen LogP contribution in [0.5, 0.6) is 0 Å². The molecule has 1 aliphatic heterocycles. The van der Waals surface area contributed by atoms with Crippen LogP contribution >= 0.6 is 23.2 Å². The molecule has 1 amide bonds. The van der Waals surface area contributed by atoms with E-state index in [1.807, 2.05) is 42.5 Å². The largest absolute Gasteiger partial charge is 0.350 e. The molecule has 1 atom stereocenters. The fourth-order valence-corrected chi connectivity index (χ4v) is 4.93. The second-order valence-corrected chi connectivity index (χ2v) is 8.90. The average Bonchev–Trinajstić information content (AvgIpc) is 3.38. The number of hydrogen-bond acceptors (Lipinski definition) is 1. The van der Waals surface area contributed by atoms with Gasteiger partial charge in [-0.05, 0) is 47.4 Å². The molecule has 0 spiro atoms. The van der Waals surface area contributed by atoms with Gasteiger partial charge in [0.25, 0.3) is 0 Å². The van der Waals surface area contributed by atoms with E-state index in [0.29, 0.717) is 22.2 Å². The molecule has 1 aromatic heterocycles. The van der Waals surface area contributed by atoms with Crippen molar-refractivity contribution >= 4 is 46.6 Å². The highest BCUT2D eigenvalue weighted by molar-refractivity contribution is 6.40. The molecular weight excluding hydrogens is 451 g/mol. The first-order valence-corrected chi connectivity index (χ1v) is 11.6. The molecule has 5 rings (SSSR count). The fraction of sp³-hybridized carbons (Fsp3) is 0.107. The number of allylic oxidation sites excluding steroid dienone is 1. The maximum atomic E-state index is 13.6. The molecule has 5 heteroatoms. The summed E-state index contributed by atoms with van der Waals surface area (Å²) in [5.41, 5.74) is 4.67. The molecule has 0 saturated heterocycles. The third-order valence-corrected chi connectivity index (χ3v) is 6.52. The average molecular weight is 473 g/mol. The topological polar surface area (TPSA) is 25.2 Å². The minimum atomic E-state index is -0.288. The van der Waals surface area contributed by atoms with Crippen LogP contribution in [-0.2, 0) is 17.8 Å². The summed E-state index contributed by atoms with van der Waals surface area (Å²) < 4.78 is 2.13. The number of nitrogens with zero attached hydrogens (tertiary/aromatic N) is 2. The van der Waals surface area contributed by atoms with Gasteiger partial charge >= 0.3 is 0 Å². The Bertz CT molecular complexity index is 1310. The van der Waals surface area contributed by atoms with E-state index >= 15 is 0 Å². The zero-order valence-electron chi connectivity index (χ0n) is 17.9. The molecular formula is C28H22Cl2N2O. The van der Waals surface area contributed by atoms with Gasteiger partial charge in [0.05, 0.1) is 27.3 Å². The lowest BCUT2D eigenvalue weighted by atomic mass is 9.94. The Morgan fingerprint density at radius 2 is 1.58 bits per heavy atom. The van der Waals surface area contributed by atoms with Crippen LogP contribution in [0.1, 0.15) is 22.6 Å². The van der Waals surface area contributed by atoms with Gasteiger partial charge < -0.3 is 4.57 Å². The van der Waals surface area contributed by atoms with Crippen LogP contribution in [0.4, 0.5) is 11.4 Å². The SMILES string of the molecule is O=C1C(Cc2ccn(C/C=C/c3ccccc3)c2)c2ccccc2N1c1c(Cl)cccc1Cl. The Balaban J connectivity index is 1.37. The van der Waals surface area contributed by atoms with Crippen LogP contribution < -0.4 is 4.90 Å². The van der Waals surface area contributed by atoms with Crippen molar-refractivity contribution in [2.24, 2.45) is 0 Å². The standard InChI is InChI=1S/C28H22Cl2N2O/c29-24-12-6-13-25(30)27(24)32-26-14-5-4-11-22(26)23(28(32)33)18-21-15-17-31(19-21)16-7-10-20-8-2-1-3-9-20/h1-15,17,19,23H,16,18H2/b10-7+. The van der Waals surface area contributed by atoms with Crippen LogP contribution in [-0.4, -0.2) is 10.5 Å². The maximum absolute atomic E-state index is 13.6. The number of halogens is 2. The number of fused-ring (bicyclic) bond motifs is 1. The Hall–Kier alpha value is -3.27. The van der Waals surface area contributed by atoms with Crippen molar-refractivity contribution < 1.29 is 4.79 Å². The Morgan fingerprint density at radius 1 is 0.848 bits per heavy atom. The smallest absolute Gasteiger partial charge is 0.239 e. The minimum absolute atomic E-state index is 0.0112. The normalized spacial score (nSPS) is 15.4. The molecule has 0 bridgehead atoms. The van der Waals surface area contributed by atoms with E-state index in [9.17, 15) is 4.79 Å². The number of hydrogen-bond donors (Lipinski definition) is 0. The van der Waals surface area contributed by atoms with Crippen molar-refractivity contribution in [3.05, 3.63) is 124 Å². The van der Waals surface area contributed by atoms with Crippen molar-refractivity contribution in [1.29, 1.82) is 0 Å². The van der Waals surface area contributed by atoms with Gasteiger partial charge in [-0.3, -0.25) is 9.69 Å². The zero-order chi connectivity index (χ0) is 22.8. The number of carbonyl (C=O) groups is 1. The number of anilines is 2. The molecule has 0 N–H and O–H groups in total. The van der Waals surface area contributed by atoms with E-state index in [1.165, 1.54) is 5.56 Å². The number of carbonyl (C=O) groups excluding carboxylic acids is 1. The van der Waals surface area contributed by atoms with Crippen LogP contribution in [0, 0.1) is 0 Å². The molecule has 164 valence electrons. The lowest BCUT2D eigenvalue weighted by Crippen LogP contribution is -2.25. The zero-order valence-corrected chi connectivity index (χ0v) is 19.4. The van der Waals surface area contributed by atoms with E-state index in [4.69, 9.17) is 23.2 Å². The molecule has 33 heavy (non-hydrogen) atoms. The molecule has 1 unspecified atom stereocenters. The van der Waals surface area contributed by atoms with Crippen molar-refractivity contribution in [2.75, 3.05) is 4.90 Å². The number of benzene rings is 3. The molecule has 0 saturated carbocycles. The summed E-state index contributed by atoms with van der Waals surface area (Å²) in [4.78, 5) is 15.3. The van der Waals surface area contributed by atoms with E-state index in [-0.39, 0.29) is 11.8 Å².